The number of aromatic nitrogens is 5. The Bertz CT molecular complexity index is 858. The van der Waals surface area contributed by atoms with Crippen molar-refractivity contribution in [3.63, 3.8) is 0 Å². The van der Waals surface area contributed by atoms with Crippen LogP contribution in [-0.4, -0.2) is 50.6 Å². The van der Waals surface area contributed by atoms with Crippen molar-refractivity contribution in [3.05, 3.63) is 24.5 Å². The van der Waals surface area contributed by atoms with Gasteiger partial charge in [0, 0.05) is 24.5 Å². The van der Waals surface area contributed by atoms with E-state index in [1.165, 1.54) is 10.9 Å². The molecule has 3 aromatic rings. The number of halogens is 3. The monoisotopic (exact) mass is 336 g/mol. The van der Waals surface area contributed by atoms with E-state index in [9.17, 15) is 13.2 Å². The van der Waals surface area contributed by atoms with Gasteiger partial charge >= 0.3 is 0 Å². The van der Waals surface area contributed by atoms with Gasteiger partial charge in [0.05, 0.1) is 17.6 Å². The van der Waals surface area contributed by atoms with Gasteiger partial charge in [0.25, 0.3) is 6.43 Å². The number of nitrogens with zero attached hydrogens (tertiary/aromatic N) is 5. The largest absolute Gasteiger partial charge is 0.352 e. The number of nitrogens with one attached hydrogen (secondary N) is 1. The lowest BCUT2D eigenvalue weighted by Gasteiger charge is -2.14. The molecule has 1 N–H and O–H groups in total. The molecular weight excluding hydrogens is 321 g/mol. The van der Waals surface area contributed by atoms with Gasteiger partial charge in [0.2, 0.25) is 0 Å². The Morgan fingerprint density at radius 1 is 1.38 bits per heavy atom. The summed E-state index contributed by atoms with van der Waals surface area (Å²) in [4.78, 5) is 6.18. The van der Waals surface area contributed by atoms with Crippen molar-refractivity contribution in [2.24, 2.45) is 0 Å². The minimum Gasteiger partial charge on any atom is -0.352 e. The van der Waals surface area contributed by atoms with Crippen LogP contribution in [0.15, 0.2) is 24.5 Å². The summed E-state index contributed by atoms with van der Waals surface area (Å²) in [5.41, 5.74) is 1.86. The lowest BCUT2D eigenvalue weighted by molar-refractivity contribution is 0.122. The van der Waals surface area contributed by atoms with Gasteiger partial charge in [-0.1, -0.05) is 0 Å². The van der Waals surface area contributed by atoms with Crippen LogP contribution in [0.4, 0.5) is 19.0 Å². The first-order chi connectivity index (χ1) is 11.6. The number of rotatable bonds is 4. The Balaban J connectivity index is 1.68. The highest BCUT2D eigenvalue weighted by Crippen LogP contribution is 2.29. The average Bonchev–Trinajstić information content (AvgIpc) is 3.25. The van der Waals surface area contributed by atoms with Crippen LogP contribution in [0.1, 0.15) is 6.42 Å². The summed E-state index contributed by atoms with van der Waals surface area (Å²) in [6, 6.07) is 3.51. The van der Waals surface area contributed by atoms with Crippen LogP contribution in [0.5, 0.6) is 0 Å². The number of hydrogen-bond acceptors (Lipinski definition) is 4. The fraction of sp³-hybridized carbons (Fsp3) is 0.400. The SMILES string of the molecule is FC(F)Cn1ccc(-c2cnc3[nH]nc(N4CCC(F)C4)c3c2)n1. The molecule has 0 amide bonds. The summed E-state index contributed by atoms with van der Waals surface area (Å²) < 4.78 is 39.5. The van der Waals surface area contributed by atoms with Crippen molar-refractivity contribution in [3.8, 4) is 11.3 Å². The molecule has 0 aromatic carbocycles. The van der Waals surface area contributed by atoms with Gasteiger partial charge in [-0.3, -0.25) is 9.78 Å². The zero-order chi connectivity index (χ0) is 16.7. The van der Waals surface area contributed by atoms with Crippen molar-refractivity contribution in [2.75, 3.05) is 18.0 Å². The number of aromatic amines is 1. The molecule has 1 fully saturated rings. The average molecular weight is 336 g/mol. The Morgan fingerprint density at radius 3 is 3.00 bits per heavy atom. The minimum absolute atomic E-state index is 0.313. The van der Waals surface area contributed by atoms with Gasteiger partial charge in [0.1, 0.15) is 12.7 Å². The first-order valence-electron chi connectivity index (χ1n) is 7.65. The smallest absolute Gasteiger partial charge is 0.257 e. The van der Waals surface area contributed by atoms with Gasteiger partial charge in [-0.25, -0.2) is 18.2 Å². The van der Waals surface area contributed by atoms with Gasteiger partial charge in [0.15, 0.2) is 11.5 Å². The second-order valence-corrected chi connectivity index (χ2v) is 5.81. The standard InChI is InChI=1S/C15H15F3N6/c16-10-1-3-23(7-10)15-11-5-9(6-19-14(11)20-21-15)12-2-4-24(22-12)8-13(17)18/h2,4-6,10,13H,1,3,7-8H2,(H,19,20,21). The highest BCUT2D eigenvalue weighted by atomic mass is 19.3. The van der Waals surface area contributed by atoms with Gasteiger partial charge in [-0.15, -0.1) is 0 Å². The van der Waals surface area contributed by atoms with Crippen LogP contribution in [0.3, 0.4) is 0 Å². The maximum Gasteiger partial charge on any atom is 0.257 e. The number of alkyl halides is 3. The van der Waals surface area contributed by atoms with E-state index in [2.05, 4.69) is 20.3 Å². The fourth-order valence-electron chi connectivity index (χ4n) is 2.94. The van der Waals surface area contributed by atoms with Crippen LogP contribution in [0.25, 0.3) is 22.3 Å². The van der Waals surface area contributed by atoms with E-state index in [0.29, 0.717) is 42.2 Å². The first-order valence-corrected chi connectivity index (χ1v) is 7.65. The number of H-pyrrole nitrogens is 1. The second-order valence-electron chi connectivity index (χ2n) is 5.81. The number of hydrogen-bond donors (Lipinski definition) is 1. The van der Waals surface area contributed by atoms with E-state index in [4.69, 9.17) is 0 Å². The van der Waals surface area contributed by atoms with E-state index in [1.54, 1.807) is 12.3 Å². The molecule has 0 aliphatic carbocycles. The molecule has 3 aromatic heterocycles. The molecule has 1 unspecified atom stereocenters. The van der Waals surface area contributed by atoms with Crippen LogP contribution >= 0.6 is 0 Å². The summed E-state index contributed by atoms with van der Waals surface area (Å²) in [6.45, 7) is 0.472. The fourth-order valence-corrected chi connectivity index (χ4v) is 2.94. The van der Waals surface area contributed by atoms with E-state index in [-0.39, 0.29) is 0 Å². The zero-order valence-electron chi connectivity index (χ0n) is 12.7. The molecule has 1 aliphatic rings. The maximum atomic E-state index is 13.4. The van der Waals surface area contributed by atoms with Crippen molar-refractivity contribution in [1.29, 1.82) is 0 Å². The number of anilines is 1. The molecule has 4 heterocycles. The summed E-state index contributed by atoms with van der Waals surface area (Å²) in [6.07, 6.45) is 0.303. The second kappa shape index (κ2) is 5.81. The van der Waals surface area contributed by atoms with Gasteiger partial charge in [-0.2, -0.15) is 10.2 Å². The summed E-state index contributed by atoms with van der Waals surface area (Å²) >= 11 is 0. The van der Waals surface area contributed by atoms with Crippen LogP contribution in [-0.2, 0) is 6.54 Å². The highest BCUT2D eigenvalue weighted by molar-refractivity contribution is 5.90. The van der Waals surface area contributed by atoms with Crippen molar-refractivity contribution < 1.29 is 13.2 Å². The van der Waals surface area contributed by atoms with E-state index < -0.39 is 19.1 Å². The number of pyridine rings is 1. The molecule has 126 valence electrons. The molecule has 0 bridgehead atoms. The van der Waals surface area contributed by atoms with E-state index in [1.807, 2.05) is 11.0 Å². The number of fused-ring (bicyclic) bond motifs is 1. The summed E-state index contributed by atoms with van der Waals surface area (Å²) in [7, 11) is 0. The molecule has 6 nitrogen and oxygen atoms in total. The zero-order valence-corrected chi connectivity index (χ0v) is 12.7. The third-order valence-electron chi connectivity index (χ3n) is 4.09. The molecule has 0 radical (unpaired) electrons. The quantitative estimate of drug-likeness (QED) is 0.796. The van der Waals surface area contributed by atoms with Crippen molar-refractivity contribution in [1.82, 2.24) is 25.0 Å². The van der Waals surface area contributed by atoms with Crippen molar-refractivity contribution >= 4 is 16.9 Å². The third kappa shape index (κ3) is 2.70. The normalized spacial score (nSPS) is 18.2. The van der Waals surface area contributed by atoms with Crippen LogP contribution in [0, 0.1) is 0 Å². The Morgan fingerprint density at radius 2 is 2.25 bits per heavy atom. The van der Waals surface area contributed by atoms with Crippen molar-refractivity contribution in [2.45, 2.75) is 25.6 Å². The molecular formula is C15H15F3N6. The molecule has 1 aliphatic heterocycles. The predicted molar refractivity (Wildman–Crippen MR) is 82.8 cm³/mol. The lowest BCUT2D eigenvalue weighted by Crippen LogP contribution is -2.20. The van der Waals surface area contributed by atoms with Crippen LogP contribution < -0.4 is 4.90 Å². The summed E-state index contributed by atoms with van der Waals surface area (Å²) in [5, 5.41) is 12.0. The van der Waals surface area contributed by atoms with E-state index >= 15 is 0 Å². The topological polar surface area (TPSA) is 62.6 Å². The lowest BCUT2D eigenvalue weighted by atomic mass is 10.2. The first kappa shape index (κ1) is 15.0. The summed E-state index contributed by atoms with van der Waals surface area (Å²) in [5.74, 6) is 0.659. The molecule has 1 saturated heterocycles. The van der Waals surface area contributed by atoms with Gasteiger partial charge in [-0.05, 0) is 18.6 Å². The molecule has 24 heavy (non-hydrogen) atoms. The molecule has 4 rings (SSSR count). The Hall–Kier alpha value is -2.58. The molecule has 1 atom stereocenters. The van der Waals surface area contributed by atoms with Gasteiger partial charge < -0.3 is 4.90 Å². The molecule has 0 spiro atoms. The third-order valence-corrected chi connectivity index (χ3v) is 4.09. The molecule has 9 heteroatoms. The van der Waals surface area contributed by atoms with Crippen LogP contribution in [0.2, 0.25) is 0 Å². The highest BCUT2D eigenvalue weighted by Gasteiger charge is 2.25. The van der Waals surface area contributed by atoms with E-state index in [0.717, 1.165) is 5.39 Å². The Kier molecular flexibility index (Phi) is 3.62. The molecule has 0 saturated carbocycles. The Labute approximate surface area is 135 Å². The maximum absolute atomic E-state index is 13.4. The predicted octanol–water partition coefficient (Wildman–Crippen LogP) is 2.63. The minimum atomic E-state index is -2.46.